The smallest absolute Gasteiger partial charge is 0.369 e. The van der Waals surface area contributed by atoms with Gasteiger partial charge in [0.05, 0.1) is 0 Å². The van der Waals surface area contributed by atoms with Crippen molar-refractivity contribution in [3.8, 4) is 0 Å². The Hall–Kier alpha value is -1.06. The summed E-state index contributed by atoms with van der Waals surface area (Å²) in [4.78, 5) is 0. The molecule has 0 saturated heterocycles. The zero-order valence-electron chi connectivity index (χ0n) is 9.96. The average molecular weight is 270 g/mol. The van der Waals surface area contributed by atoms with Crippen molar-refractivity contribution in [1.29, 1.82) is 0 Å². The third-order valence-corrected chi connectivity index (χ3v) is 1.60. The van der Waals surface area contributed by atoms with Gasteiger partial charge in [-0.05, 0) is 6.42 Å². The topological polar surface area (TPSA) is 151 Å². The van der Waals surface area contributed by atoms with Gasteiger partial charge in [-0.2, -0.15) is 8.42 Å². The number of guanidine groups is 1. The summed E-state index contributed by atoms with van der Waals surface area (Å²) in [5.74, 6) is 0.101. The highest BCUT2D eigenvalue weighted by atomic mass is 32.3. The molecule has 9 heteroatoms. The van der Waals surface area contributed by atoms with E-state index >= 15 is 0 Å². The van der Waals surface area contributed by atoms with Crippen LogP contribution >= 0.6 is 0 Å². The molecule has 0 bridgehead atoms. The molecule has 0 aliphatic carbocycles. The van der Waals surface area contributed by atoms with Crippen molar-refractivity contribution in [2.24, 2.45) is 16.6 Å². The predicted octanol–water partition coefficient (Wildman–Crippen LogP) is 0.0820. The number of unbranched alkanes of at least 4 members (excludes halogenated alkanes) is 4. The van der Waals surface area contributed by atoms with Crippen molar-refractivity contribution >= 4 is 16.4 Å². The molecular formula is C8H22N4O4S. The van der Waals surface area contributed by atoms with Crippen molar-refractivity contribution in [2.45, 2.75) is 39.0 Å². The highest BCUT2D eigenvalue weighted by Gasteiger charge is 1.87. The Morgan fingerprint density at radius 3 is 2.06 bits per heavy atom. The zero-order chi connectivity index (χ0) is 13.7. The second-order valence-electron chi connectivity index (χ2n) is 3.31. The molecule has 0 radical (unpaired) electrons. The Morgan fingerprint density at radius 2 is 1.65 bits per heavy atom. The van der Waals surface area contributed by atoms with E-state index in [1.807, 2.05) is 0 Å². The van der Waals surface area contributed by atoms with E-state index in [1.54, 1.807) is 0 Å². The van der Waals surface area contributed by atoms with Gasteiger partial charge in [0, 0.05) is 6.54 Å². The average Bonchev–Trinajstić information content (AvgIpc) is 2.13. The van der Waals surface area contributed by atoms with Crippen LogP contribution in [-0.4, -0.2) is 30.0 Å². The molecule has 0 aromatic rings. The van der Waals surface area contributed by atoms with Crippen LogP contribution in [0.2, 0.25) is 0 Å². The van der Waals surface area contributed by atoms with Crippen molar-refractivity contribution < 1.29 is 17.5 Å². The van der Waals surface area contributed by atoms with Gasteiger partial charge in [-0.15, -0.1) is 5.10 Å². The van der Waals surface area contributed by atoms with Gasteiger partial charge in [0.25, 0.3) is 0 Å². The normalized spacial score (nSPS) is 10.1. The van der Waals surface area contributed by atoms with Gasteiger partial charge in [0.2, 0.25) is 5.96 Å². The minimum atomic E-state index is -4.67. The molecule has 0 unspecified atom stereocenters. The van der Waals surface area contributed by atoms with Crippen LogP contribution in [0.5, 0.6) is 0 Å². The highest BCUT2D eigenvalue weighted by molar-refractivity contribution is 7.79. The van der Waals surface area contributed by atoms with Crippen molar-refractivity contribution in [3.05, 3.63) is 0 Å². The second-order valence-corrected chi connectivity index (χ2v) is 4.20. The van der Waals surface area contributed by atoms with E-state index in [0.29, 0.717) is 0 Å². The molecule has 0 heterocycles. The molecule has 8 nitrogen and oxygen atoms in total. The van der Waals surface area contributed by atoms with Crippen molar-refractivity contribution in [1.82, 2.24) is 5.43 Å². The highest BCUT2D eigenvalue weighted by Crippen LogP contribution is 2.00. The van der Waals surface area contributed by atoms with E-state index in [2.05, 4.69) is 17.5 Å². The van der Waals surface area contributed by atoms with Crippen LogP contribution < -0.4 is 16.9 Å². The molecule has 7 N–H and O–H groups in total. The molecule has 0 aromatic carbocycles. The number of nitrogens with two attached hydrogens (primary N) is 2. The van der Waals surface area contributed by atoms with Gasteiger partial charge in [0.1, 0.15) is 0 Å². The van der Waals surface area contributed by atoms with E-state index in [-0.39, 0.29) is 5.96 Å². The Balaban J connectivity index is 0. The van der Waals surface area contributed by atoms with Crippen LogP contribution in [0.25, 0.3) is 0 Å². The summed E-state index contributed by atoms with van der Waals surface area (Å²) in [5, 5.41) is 3.66. The molecule has 0 fully saturated rings. The minimum absolute atomic E-state index is 0.101. The first-order valence-electron chi connectivity index (χ1n) is 5.28. The number of nitrogens with zero attached hydrogens (tertiary/aromatic N) is 1. The van der Waals surface area contributed by atoms with Crippen LogP contribution in [0.1, 0.15) is 39.0 Å². The summed E-state index contributed by atoms with van der Waals surface area (Å²) < 4.78 is 31.6. The van der Waals surface area contributed by atoms with Crippen LogP contribution in [0.15, 0.2) is 5.10 Å². The lowest BCUT2D eigenvalue weighted by Crippen LogP contribution is -2.26. The molecule has 104 valence electrons. The molecule has 0 atom stereocenters. The van der Waals surface area contributed by atoms with Gasteiger partial charge in [-0.3, -0.25) is 9.11 Å². The molecule has 0 amide bonds. The van der Waals surface area contributed by atoms with Gasteiger partial charge >= 0.3 is 10.4 Å². The van der Waals surface area contributed by atoms with Crippen molar-refractivity contribution in [3.63, 3.8) is 0 Å². The lowest BCUT2D eigenvalue weighted by atomic mass is 10.2. The van der Waals surface area contributed by atoms with Crippen LogP contribution in [0, 0.1) is 0 Å². The number of nitrogens with one attached hydrogen (secondary N) is 1. The molecule has 17 heavy (non-hydrogen) atoms. The van der Waals surface area contributed by atoms with Gasteiger partial charge in [-0.25, -0.2) is 0 Å². The van der Waals surface area contributed by atoms with Crippen LogP contribution in [-0.2, 0) is 10.4 Å². The lowest BCUT2D eigenvalue weighted by Gasteiger charge is -2.00. The van der Waals surface area contributed by atoms with E-state index < -0.39 is 10.4 Å². The fourth-order valence-corrected chi connectivity index (χ4v) is 0.955. The quantitative estimate of drug-likeness (QED) is 0.144. The molecule has 0 rings (SSSR count). The maximum absolute atomic E-state index is 8.74. The molecule has 0 aliphatic rings. The maximum atomic E-state index is 8.74. The van der Waals surface area contributed by atoms with E-state index in [0.717, 1.165) is 13.0 Å². The Bertz CT molecular complexity index is 280. The lowest BCUT2D eigenvalue weighted by molar-refractivity contribution is 0.381. The monoisotopic (exact) mass is 270 g/mol. The SMILES string of the molecule is CCCCCCCNN=C(N)N.O=S(=O)(O)O. The van der Waals surface area contributed by atoms with Crippen LogP contribution in [0.3, 0.4) is 0 Å². The second kappa shape index (κ2) is 11.4. The summed E-state index contributed by atoms with van der Waals surface area (Å²) in [6, 6.07) is 0. The fraction of sp³-hybridized carbons (Fsp3) is 0.875. The third kappa shape index (κ3) is 39.7. The first kappa shape index (κ1) is 18.3. The maximum Gasteiger partial charge on any atom is 0.394 e. The summed E-state index contributed by atoms with van der Waals surface area (Å²) in [6.45, 7) is 3.07. The third-order valence-electron chi connectivity index (χ3n) is 1.60. The van der Waals surface area contributed by atoms with E-state index in [4.69, 9.17) is 29.0 Å². The largest absolute Gasteiger partial charge is 0.394 e. The first-order valence-corrected chi connectivity index (χ1v) is 6.68. The molecule has 0 aliphatic heterocycles. The molecule has 0 aromatic heterocycles. The summed E-state index contributed by atoms with van der Waals surface area (Å²) in [6.07, 6.45) is 6.29. The zero-order valence-corrected chi connectivity index (χ0v) is 10.8. The van der Waals surface area contributed by atoms with E-state index in [9.17, 15) is 0 Å². The molecular weight excluding hydrogens is 248 g/mol. The van der Waals surface area contributed by atoms with Crippen molar-refractivity contribution in [2.75, 3.05) is 6.54 Å². The van der Waals surface area contributed by atoms with Gasteiger partial charge in [-0.1, -0.05) is 32.6 Å². The van der Waals surface area contributed by atoms with Gasteiger partial charge in [0.15, 0.2) is 0 Å². The number of hydrogen-bond acceptors (Lipinski definition) is 4. The number of rotatable bonds is 7. The molecule has 0 spiro atoms. The first-order chi connectivity index (χ1) is 7.77. The molecule has 0 saturated carbocycles. The van der Waals surface area contributed by atoms with E-state index in [1.165, 1.54) is 25.7 Å². The standard InChI is InChI=1S/C8H20N4.H2O4S/c1-2-3-4-5-6-7-11-12-8(9)10;1-5(2,3)4/h11H,2-7H2,1H3,(H4,9,10,12);(H2,1,2,3,4). The number of hydrogen-bond donors (Lipinski definition) is 5. The van der Waals surface area contributed by atoms with Gasteiger partial charge < -0.3 is 16.9 Å². The summed E-state index contributed by atoms with van der Waals surface area (Å²) >= 11 is 0. The summed E-state index contributed by atoms with van der Waals surface area (Å²) in [7, 11) is -4.67. The fourth-order valence-electron chi connectivity index (χ4n) is 0.955. The Morgan fingerprint density at radius 1 is 1.18 bits per heavy atom. The predicted molar refractivity (Wildman–Crippen MR) is 66.7 cm³/mol. The Labute approximate surface area is 102 Å². The Kier molecular flexibility index (Phi) is 12.3. The summed E-state index contributed by atoms with van der Waals surface area (Å²) in [5.41, 5.74) is 13.0. The minimum Gasteiger partial charge on any atom is -0.369 e. The number of hydrazone groups is 1. The van der Waals surface area contributed by atoms with Crippen LogP contribution in [0.4, 0.5) is 0 Å².